The monoisotopic (exact) mass is 445 g/mol. The Morgan fingerprint density at radius 2 is 1.69 bits per heavy atom. The van der Waals surface area contributed by atoms with E-state index in [1.54, 1.807) is 52.0 Å². The van der Waals surface area contributed by atoms with Gasteiger partial charge in [0.15, 0.2) is 5.78 Å². The maximum absolute atomic E-state index is 13.2. The number of halogens is 1. The molecule has 0 heterocycles. The van der Waals surface area contributed by atoms with Gasteiger partial charge in [0, 0.05) is 18.3 Å². The molecule has 0 amide bonds. The van der Waals surface area contributed by atoms with Crippen LogP contribution in [0.15, 0.2) is 42.5 Å². The molecule has 0 saturated heterocycles. The van der Waals surface area contributed by atoms with Gasteiger partial charge >= 0.3 is 11.9 Å². The first-order valence-corrected chi connectivity index (χ1v) is 10.2. The lowest BCUT2D eigenvalue weighted by Crippen LogP contribution is -2.38. The Hall–Kier alpha value is -3.42. The number of hydrogen-bond acceptors (Lipinski definition) is 7. The van der Waals surface area contributed by atoms with Crippen LogP contribution in [0.1, 0.15) is 43.6 Å². The number of carbonyl (C=O) groups excluding carboxylic acids is 3. The van der Waals surface area contributed by atoms with Gasteiger partial charge in [-0.05, 0) is 57.5 Å². The standard InChI is InChI=1S/C24H28FNO6/c1-6-31-22(28)20(23(29)32-24(2,3)4)21(27)18-12-11-17(13-19(18)30-5)26-14-15-7-9-16(25)10-8-15/h7-13,20,26H,6,14H2,1-5H3. The summed E-state index contributed by atoms with van der Waals surface area (Å²) >= 11 is 0. The number of rotatable bonds is 9. The number of esters is 2. The summed E-state index contributed by atoms with van der Waals surface area (Å²) in [6, 6.07) is 10.7. The summed E-state index contributed by atoms with van der Waals surface area (Å²) in [6.45, 7) is 6.92. The molecule has 0 fully saturated rings. The Morgan fingerprint density at radius 3 is 2.25 bits per heavy atom. The quantitative estimate of drug-likeness (QED) is 0.352. The van der Waals surface area contributed by atoms with E-state index >= 15 is 0 Å². The second kappa shape index (κ2) is 10.7. The molecule has 1 atom stereocenters. The first kappa shape index (κ1) is 24.8. The molecule has 0 spiro atoms. The molecule has 0 bridgehead atoms. The van der Waals surface area contributed by atoms with Crippen LogP contribution in [0.25, 0.3) is 0 Å². The molecule has 7 nitrogen and oxygen atoms in total. The number of ketones is 1. The Morgan fingerprint density at radius 1 is 1.03 bits per heavy atom. The zero-order chi connectivity index (χ0) is 23.9. The first-order valence-electron chi connectivity index (χ1n) is 10.2. The van der Waals surface area contributed by atoms with E-state index in [-0.39, 0.29) is 23.7 Å². The molecular formula is C24H28FNO6. The van der Waals surface area contributed by atoms with Gasteiger partial charge in [-0.25, -0.2) is 4.39 Å². The van der Waals surface area contributed by atoms with E-state index < -0.39 is 29.2 Å². The Balaban J connectivity index is 2.27. The van der Waals surface area contributed by atoms with Crippen LogP contribution >= 0.6 is 0 Å². The highest BCUT2D eigenvalue weighted by molar-refractivity contribution is 6.21. The molecule has 0 radical (unpaired) electrons. The zero-order valence-corrected chi connectivity index (χ0v) is 18.9. The molecule has 0 saturated carbocycles. The molecular weight excluding hydrogens is 417 g/mol. The smallest absolute Gasteiger partial charge is 0.328 e. The van der Waals surface area contributed by atoms with Gasteiger partial charge in [0.2, 0.25) is 5.92 Å². The minimum absolute atomic E-state index is 0.00872. The Labute approximate surface area is 186 Å². The topological polar surface area (TPSA) is 90.9 Å². The van der Waals surface area contributed by atoms with E-state index in [0.29, 0.717) is 12.2 Å². The highest BCUT2D eigenvalue weighted by Gasteiger charge is 2.40. The third kappa shape index (κ3) is 6.80. The van der Waals surface area contributed by atoms with Gasteiger partial charge < -0.3 is 19.5 Å². The normalized spacial score (nSPS) is 11.9. The minimum Gasteiger partial charge on any atom is -0.496 e. The predicted octanol–water partition coefficient (Wildman–Crippen LogP) is 4.15. The predicted molar refractivity (Wildman–Crippen MR) is 117 cm³/mol. The summed E-state index contributed by atoms with van der Waals surface area (Å²) < 4.78 is 28.6. The number of nitrogens with one attached hydrogen (secondary N) is 1. The van der Waals surface area contributed by atoms with Crippen LogP contribution in [-0.2, 0) is 25.6 Å². The van der Waals surface area contributed by atoms with Crippen molar-refractivity contribution in [2.45, 2.75) is 39.8 Å². The summed E-state index contributed by atoms with van der Waals surface area (Å²) in [7, 11) is 1.38. The van der Waals surface area contributed by atoms with Crippen molar-refractivity contribution in [3.63, 3.8) is 0 Å². The lowest BCUT2D eigenvalue weighted by atomic mass is 9.96. The van der Waals surface area contributed by atoms with E-state index in [9.17, 15) is 18.8 Å². The Bertz CT molecular complexity index is 965. The van der Waals surface area contributed by atoms with Crippen molar-refractivity contribution in [3.8, 4) is 5.75 Å². The van der Waals surface area contributed by atoms with Gasteiger partial charge in [0.1, 0.15) is 17.2 Å². The van der Waals surface area contributed by atoms with Crippen molar-refractivity contribution in [3.05, 3.63) is 59.4 Å². The maximum atomic E-state index is 13.2. The van der Waals surface area contributed by atoms with Crippen LogP contribution in [0.2, 0.25) is 0 Å². The lowest BCUT2D eigenvalue weighted by molar-refractivity contribution is -0.166. The fourth-order valence-electron chi connectivity index (χ4n) is 2.86. The summed E-state index contributed by atoms with van der Waals surface area (Å²) in [5.74, 6) is -4.65. The Kier molecular flexibility index (Phi) is 8.34. The third-order valence-electron chi connectivity index (χ3n) is 4.30. The van der Waals surface area contributed by atoms with Gasteiger partial charge in [-0.3, -0.25) is 14.4 Å². The van der Waals surface area contributed by atoms with Crippen molar-refractivity contribution in [1.29, 1.82) is 0 Å². The van der Waals surface area contributed by atoms with Crippen LogP contribution in [-0.4, -0.2) is 37.0 Å². The van der Waals surface area contributed by atoms with Crippen molar-refractivity contribution < 1.29 is 33.0 Å². The molecule has 1 unspecified atom stereocenters. The average molecular weight is 445 g/mol. The summed E-state index contributed by atoms with van der Waals surface area (Å²) in [6.07, 6.45) is 0. The molecule has 0 aromatic heterocycles. The SMILES string of the molecule is CCOC(=O)C(C(=O)OC(C)(C)C)C(=O)c1ccc(NCc2ccc(F)cc2)cc1OC. The molecule has 32 heavy (non-hydrogen) atoms. The molecule has 2 aromatic carbocycles. The molecule has 8 heteroatoms. The third-order valence-corrected chi connectivity index (χ3v) is 4.30. The summed E-state index contributed by atoms with van der Waals surface area (Å²) in [5.41, 5.74) is 0.648. The molecule has 1 N–H and O–H groups in total. The zero-order valence-electron chi connectivity index (χ0n) is 18.9. The molecule has 2 rings (SSSR count). The summed E-state index contributed by atoms with van der Waals surface area (Å²) in [4.78, 5) is 38.2. The highest BCUT2D eigenvalue weighted by atomic mass is 19.1. The lowest BCUT2D eigenvalue weighted by Gasteiger charge is -2.23. The van der Waals surface area contributed by atoms with Crippen molar-refractivity contribution in [1.82, 2.24) is 0 Å². The van der Waals surface area contributed by atoms with E-state index in [0.717, 1.165) is 5.56 Å². The van der Waals surface area contributed by atoms with Crippen LogP contribution in [0.4, 0.5) is 10.1 Å². The second-order valence-corrected chi connectivity index (χ2v) is 7.98. The maximum Gasteiger partial charge on any atom is 0.328 e. The number of hydrogen-bond donors (Lipinski definition) is 1. The number of ether oxygens (including phenoxy) is 3. The van der Waals surface area contributed by atoms with Gasteiger partial charge in [0.05, 0.1) is 19.3 Å². The van der Waals surface area contributed by atoms with E-state index in [1.165, 1.54) is 25.3 Å². The van der Waals surface area contributed by atoms with Crippen LogP contribution in [0, 0.1) is 11.7 Å². The van der Waals surface area contributed by atoms with Crippen molar-refractivity contribution in [2.75, 3.05) is 19.0 Å². The average Bonchev–Trinajstić information content (AvgIpc) is 2.72. The largest absolute Gasteiger partial charge is 0.496 e. The number of anilines is 1. The fraction of sp³-hybridized carbons (Fsp3) is 0.375. The number of methoxy groups -OCH3 is 1. The number of carbonyl (C=O) groups is 3. The van der Waals surface area contributed by atoms with Gasteiger partial charge in [-0.1, -0.05) is 12.1 Å². The fourth-order valence-corrected chi connectivity index (χ4v) is 2.86. The summed E-state index contributed by atoms with van der Waals surface area (Å²) in [5, 5.41) is 3.15. The first-order chi connectivity index (χ1) is 15.1. The number of benzene rings is 2. The van der Waals surface area contributed by atoms with E-state index in [2.05, 4.69) is 5.32 Å². The minimum atomic E-state index is -1.76. The molecule has 0 aliphatic rings. The van der Waals surface area contributed by atoms with Crippen LogP contribution in [0.5, 0.6) is 5.75 Å². The number of Topliss-reactive ketones (excluding diaryl/α,β-unsaturated/α-hetero) is 1. The van der Waals surface area contributed by atoms with Gasteiger partial charge in [0.25, 0.3) is 0 Å². The molecule has 172 valence electrons. The second-order valence-electron chi connectivity index (χ2n) is 7.98. The molecule has 2 aromatic rings. The van der Waals surface area contributed by atoms with E-state index in [1.807, 2.05) is 0 Å². The van der Waals surface area contributed by atoms with Gasteiger partial charge in [-0.2, -0.15) is 0 Å². The van der Waals surface area contributed by atoms with Crippen LogP contribution in [0.3, 0.4) is 0 Å². The molecule has 0 aliphatic carbocycles. The van der Waals surface area contributed by atoms with E-state index in [4.69, 9.17) is 14.2 Å². The van der Waals surface area contributed by atoms with Crippen molar-refractivity contribution in [2.24, 2.45) is 5.92 Å². The molecule has 0 aliphatic heterocycles. The highest BCUT2D eigenvalue weighted by Crippen LogP contribution is 2.27. The van der Waals surface area contributed by atoms with Crippen molar-refractivity contribution >= 4 is 23.4 Å². The van der Waals surface area contributed by atoms with Gasteiger partial charge in [-0.15, -0.1) is 0 Å². The van der Waals surface area contributed by atoms with Crippen LogP contribution < -0.4 is 10.1 Å².